The molecule has 0 saturated carbocycles. The highest BCUT2D eigenvalue weighted by atomic mass is 16.4. The number of benzene rings is 1. The molecule has 116 valence electrons. The minimum absolute atomic E-state index is 0.114. The van der Waals surface area contributed by atoms with Gasteiger partial charge in [-0.1, -0.05) is 32.4 Å². The number of carbonyl (C=O) groups excluding carboxylic acids is 1. The molecule has 0 aliphatic heterocycles. The number of nitrogens with zero attached hydrogens (tertiary/aromatic N) is 1. The fraction of sp³-hybridized carbons (Fsp3) is 0.500. The Balaban J connectivity index is 2.51. The van der Waals surface area contributed by atoms with E-state index >= 15 is 0 Å². The van der Waals surface area contributed by atoms with Gasteiger partial charge in [-0.05, 0) is 30.0 Å². The van der Waals surface area contributed by atoms with E-state index in [0.717, 1.165) is 24.2 Å². The first-order valence-corrected chi connectivity index (χ1v) is 7.25. The molecular weight excluding hydrogens is 268 g/mol. The van der Waals surface area contributed by atoms with Crippen molar-refractivity contribution < 1.29 is 14.7 Å². The summed E-state index contributed by atoms with van der Waals surface area (Å²) < 4.78 is 0. The summed E-state index contributed by atoms with van der Waals surface area (Å²) in [6.07, 6.45) is 1.65. The summed E-state index contributed by atoms with van der Waals surface area (Å²) >= 11 is 0. The van der Waals surface area contributed by atoms with Crippen LogP contribution in [0.4, 0.5) is 10.5 Å². The van der Waals surface area contributed by atoms with Crippen molar-refractivity contribution in [1.82, 2.24) is 4.90 Å². The molecular formula is C16H24N2O3. The Hall–Kier alpha value is -2.04. The number of carbonyl (C=O) groups is 2. The number of carboxylic acids is 1. The molecule has 0 heterocycles. The highest BCUT2D eigenvalue weighted by molar-refractivity contribution is 5.89. The topological polar surface area (TPSA) is 69.6 Å². The van der Waals surface area contributed by atoms with E-state index in [9.17, 15) is 9.59 Å². The van der Waals surface area contributed by atoms with Crippen LogP contribution in [0.3, 0.4) is 0 Å². The summed E-state index contributed by atoms with van der Waals surface area (Å²) in [5.41, 5.74) is 1.67. The zero-order valence-corrected chi connectivity index (χ0v) is 12.9. The number of aryl methyl sites for hydroxylation is 1. The number of nitrogens with one attached hydrogen (secondary N) is 1. The third kappa shape index (κ3) is 6.29. The van der Waals surface area contributed by atoms with E-state index in [1.165, 1.54) is 0 Å². The van der Waals surface area contributed by atoms with Gasteiger partial charge >= 0.3 is 12.0 Å². The lowest BCUT2D eigenvalue weighted by Gasteiger charge is -2.21. The lowest BCUT2D eigenvalue weighted by Crippen LogP contribution is -2.34. The zero-order chi connectivity index (χ0) is 15.8. The number of rotatable bonds is 7. The van der Waals surface area contributed by atoms with E-state index in [0.29, 0.717) is 12.3 Å². The molecule has 0 saturated heterocycles. The van der Waals surface area contributed by atoms with E-state index in [1.807, 2.05) is 12.1 Å². The van der Waals surface area contributed by atoms with Crippen molar-refractivity contribution in [2.75, 3.05) is 18.9 Å². The first-order valence-electron chi connectivity index (χ1n) is 7.25. The van der Waals surface area contributed by atoms with Gasteiger partial charge < -0.3 is 15.3 Å². The number of amides is 2. The van der Waals surface area contributed by atoms with Crippen LogP contribution in [-0.2, 0) is 11.2 Å². The Morgan fingerprint density at radius 2 is 1.90 bits per heavy atom. The van der Waals surface area contributed by atoms with Gasteiger partial charge in [0.1, 0.15) is 0 Å². The predicted molar refractivity (Wildman–Crippen MR) is 83.5 cm³/mol. The fourth-order valence-corrected chi connectivity index (χ4v) is 1.90. The maximum Gasteiger partial charge on any atom is 0.321 e. The maximum atomic E-state index is 12.0. The number of anilines is 1. The minimum atomic E-state index is -0.806. The van der Waals surface area contributed by atoms with Crippen LogP contribution in [0, 0.1) is 5.92 Å². The fourth-order valence-electron chi connectivity index (χ4n) is 1.90. The Labute approximate surface area is 126 Å². The Bertz CT molecular complexity index is 471. The highest BCUT2D eigenvalue weighted by Crippen LogP contribution is 2.12. The molecule has 2 amide bonds. The van der Waals surface area contributed by atoms with Gasteiger partial charge in [-0.2, -0.15) is 0 Å². The molecule has 1 unspecified atom stereocenters. The molecule has 2 N–H and O–H groups in total. The van der Waals surface area contributed by atoms with E-state index < -0.39 is 5.97 Å². The van der Waals surface area contributed by atoms with E-state index in [1.54, 1.807) is 24.1 Å². The van der Waals surface area contributed by atoms with Crippen LogP contribution in [0.5, 0.6) is 0 Å². The second-order valence-electron chi connectivity index (χ2n) is 5.41. The van der Waals surface area contributed by atoms with Crippen molar-refractivity contribution in [3.05, 3.63) is 29.8 Å². The van der Waals surface area contributed by atoms with Gasteiger partial charge in [0.15, 0.2) is 0 Å². The molecule has 0 bridgehead atoms. The Morgan fingerprint density at radius 3 is 2.43 bits per heavy atom. The van der Waals surface area contributed by atoms with Crippen molar-refractivity contribution in [1.29, 1.82) is 0 Å². The van der Waals surface area contributed by atoms with Crippen molar-refractivity contribution in [2.45, 2.75) is 33.1 Å². The third-order valence-corrected chi connectivity index (χ3v) is 3.46. The van der Waals surface area contributed by atoms with Crippen LogP contribution in [0.1, 0.15) is 32.3 Å². The van der Waals surface area contributed by atoms with Crippen molar-refractivity contribution in [2.24, 2.45) is 5.92 Å². The smallest absolute Gasteiger partial charge is 0.321 e. The highest BCUT2D eigenvalue weighted by Gasteiger charge is 2.11. The zero-order valence-electron chi connectivity index (χ0n) is 12.9. The van der Waals surface area contributed by atoms with Crippen LogP contribution in [0.25, 0.3) is 0 Å². The van der Waals surface area contributed by atoms with Crippen LogP contribution in [0.15, 0.2) is 24.3 Å². The van der Waals surface area contributed by atoms with Crippen LogP contribution in [-0.4, -0.2) is 35.6 Å². The van der Waals surface area contributed by atoms with Crippen LogP contribution in [0.2, 0.25) is 0 Å². The lowest BCUT2D eigenvalue weighted by atomic mass is 10.1. The van der Waals surface area contributed by atoms with Crippen molar-refractivity contribution in [3.63, 3.8) is 0 Å². The first kappa shape index (κ1) is 17.0. The molecule has 5 heteroatoms. The molecule has 0 aliphatic carbocycles. The Morgan fingerprint density at radius 1 is 1.29 bits per heavy atom. The normalized spacial score (nSPS) is 11.8. The summed E-state index contributed by atoms with van der Waals surface area (Å²) in [6.45, 7) is 4.94. The van der Waals surface area contributed by atoms with Gasteiger partial charge in [0.25, 0.3) is 0 Å². The van der Waals surface area contributed by atoms with Crippen molar-refractivity contribution >= 4 is 17.7 Å². The van der Waals surface area contributed by atoms with E-state index in [4.69, 9.17) is 5.11 Å². The second-order valence-corrected chi connectivity index (χ2v) is 5.41. The molecule has 0 fully saturated rings. The standard InChI is InChI=1S/C16H24N2O3/c1-4-12(2)11-18(3)16(21)17-14-8-5-13(6-9-14)7-10-15(19)20/h5-6,8-9,12H,4,7,10-11H2,1-3H3,(H,17,21)(H,19,20). The molecule has 21 heavy (non-hydrogen) atoms. The molecule has 0 aliphatic rings. The Kier molecular flexibility index (Phi) is 6.72. The summed E-state index contributed by atoms with van der Waals surface area (Å²) in [4.78, 5) is 24.2. The molecule has 5 nitrogen and oxygen atoms in total. The van der Waals surface area contributed by atoms with E-state index in [-0.39, 0.29) is 12.5 Å². The molecule has 1 atom stereocenters. The van der Waals surface area contributed by atoms with Gasteiger partial charge in [0.2, 0.25) is 0 Å². The molecule has 0 aromatic heterocycles. The van der Waals surface area contributed by atoms with Gasteiger partial charge in [-0.15, -0.1) is 0 Å². The lowest BCUT2D eigenvalue weighted by molar-refractivity contribution is -0.136. The second kappa shape index (κ2) is 8.29. The summed E-state index contributed by atoms with van der Waals surface area (Å²) in [5, 5.41) is 11.5. The number of hydrogen-bond donors (Lipinski definition) is 2. The molecule has 0 radical (unpaired) electrons. The number of urea groups is 1. The summed E-state index contributed by atoms with van der Waals surface area (Å²) in [5.74, 6) is -0.335. The minimum Gasteiger partial charge on any atom is -0.481 e. The first-order chi connectivity index (χ1) is 9.92. The number of aliphatic carboxylic acids is 1. The maximum absolute atomic E-state index is 12.0. The third-order valence-electron chi connectivity index (χ3n) is 3.46. The predicted octanol–water partition coefficient (Wildman–Crippen LogP) is 3.21. The molecule has 1 aromatic carbocycles. The molecule has 1 rings (SSSR count). The molecule has 1 aromatic rings. The molecule has 0 spiro atoms. The van der Waals surface area contributed by atoms with Crippen LogP contribution >= 0.6 is 0 Å². The van der Waals surface area contributed by atoms with Gasteiger partial charge in [0, 0.05) is 25.7 Å². The number of hydrogen-bond acceptors (Lipinski definition) is 2. The van der Waals surface area contributed by atoms with Crippen molar-refractivity contribution in [3.8, 4) is 0 Å². The monoisotopic (exact) mass is 292 g/mol. The SMILES string of the molecule is CCC(C)CN(C)C(=O)Nc1ccc(CCC(=O)O)cc1. The quantitative estimate of drug-likeness (QED) is 0.810. The summed E-state index contributed by atoms with van der Waals surface area (Å²) in [6, 6.07) is 7.15. The average molecular weight is 292 g/mol. The van der Waals surface area contributed by atoms with Gasteiger partial charge in [-0.25, -0.2) is 4.79 Å². The largest absolute Gasteiger partial charge is 0.481 e. The van der Waals surface area contributed by atoms with Gasteiger partial charge in [-0.3, -0.25) is 4.79 Å². The van der Waals surface area contributed by atoms with Gasteiger partial charge in [0.05, 0.1) is 0 Å². The summed E-state index contributed by atoms with van der Waals surface area (Å²) in [7, 11) is 1.78. The average Bonchev–Trinajstić information content (AvgIpc) is 2.46. The number of carboxylic acid groups (broad SMARTS) is 1. The van der Waals surface area contributed by atoms with Crippen LogP contribution < -0.4 is 5.32 Å². The van der Waals surface area contributed by atoms with E-state index in [2.05, 4.69) is 19.2 Å².